The Balaban J connectivity index is 0.000000233. The molecule has 6 fully saturated rings. The van der Waals surface area contributed by atoms with Crippen LogP contribution < -0.4 is 56.2 Å². The average Bonchev–Trinajstić information content (AvgIpc) is 1.56. The van der Waals surface area contributed by atoms with Crippen molar-refractivity contribution in [2.45, 2.75) is 283 Å². The minimum Gasteiger partial charge on any atom is -0.409 e. The number of aromatic nitrogens is 10. The second-order valence-corrected chi connectivity index (χ2v) is 50.7. The van der Waals surface area contributed by atoms with Crippen molar-refractivity contribution in [3.05, 3.63) is 163 Å². The molecule has 0 radical (unpaired) electrons. The van der Waals surface area contributed by atoms with E-state index in [4.69, 9.17) is 67.4 Å². The molecule has 20 unspecified atom stereocenters. The van der Waals surface area contributed by atoms with Crippen molar-refractivity contribution < 1.29 is 72.3 Å². The topological polar surface area (TPSA) is 482 Å². The Kier molecular flexibility index (Phi) is 30.7. The number of nitrogens with zero attached hydrogens (tertiary/aromatic N) is 5. The van der Waals surface area contributed by atoms with Crippen molar-refractivity contribution in [3.8, 4) is 49.4 Å². The number of hydrogen-bond donors (Lipinski definition) is 11. The predicted molar refractivity (Wildman–Crippen MR) is 455 cm³/mol. The van der Waals surface area contributed by atoms with Gasteiger partial charge in [-0.1, -0.05) is 128 Å². The van der Waals surface area contributed by atoms with Gasteiger partial charge in [-0.2, -0.15) is 0 Å². The van der Waals surface area contributed by atoms with Gasteiger partial charge in [-0.25, -0.2) is 24.0 Å². The van der Waals surface area contributed by atoms with E-state index in [9.17, 15) is 78.6 Å². The molecule has 664 valence electrons. The van der Waals surface area contributed by atoms with Gasteiger partial charge in [0.15, 0.2) is 47.4 Å². The number of epoxide rings is 1. The van der Waals surface area contributed by atoms with E-state index < -0.39 is 198 Å². The molecule has 0 aromatic carbocycles. The number of rotatable bonds is 15. The third-order valence-corrected chi connectivity index (χ3v) is 38.1. The molecule has 5 aromatic rings. The first-order chi connectivity index (χ1) is 54.7. The predicted octanol–water partition coefficient (Wildman–Crippen LogP) is 3.76. The smallest absolute Gasteiger partial charge is 0.330 e. The van der Waals surface area contributed by atoms with E-state index >= 15 is 0 Å². The Hall–Kier alpha value is -8.31. The monoisotopic (exact) mass is 1730 g/mol. The van der Waals surface area contributed by atoms with Crippen molar-refractivity contribution >= 4 is 25.0 Å². The van der Waals surface area contributed by atoms with Crippen LogP contribution in [0.4, 0.5) is 0 Å². The van der Waals surface area contributed by atoms with Crippen molar-refractivity contribution in [3.63, 3.8) is 0 Å². The minimum atomic E-state index is -2.23. The summed E-state index contributed by atoms with van der Waals surface area (Å²) < 4.78 is 61.0. The Morgan fingerprint density at radius 2 is 0.575 bits per heavy atom. The third-order valence-electron chi connectivity index (χ3n) is 24.8. The molecule has 6 aliphatic rings. The summed E-state index contributed by atoms with van der Waals surface area (Å²) in [6, 6.07) is 0. The van der Waals surface area contributed by atoms with Crippen molar-refractivity contribution in [1.82, 2.24) is 47.8 Å². The van der Waals surface area contributed by atoms with Gasteiger partial charge in [0.25, 0.3) is 27.8 Å². The van der Waals surface area contributed by atoms with Gasteiger partial charge in [-0.15, -0.1) is 25.7 Å². The molecule has 0 amide bonds. The van der Waals surface area contributed by atoms with Crippen molar-refractivity contribution in [2.75, 3.05) is 33.0 Å². The standard InChI is InChI=1S/2C19H30N2O5Si.C17H28N2O5Si.2C13H16N2O5.CH4/c2*1-9-19(11-22)14(26-27(7,8)18(4,5)6)13(3)16(25-19)21-10-12(2)15(23)20-17(21)24;1-10-8-19(15(21)18-13(10)20)14-11(2)12(17(23-14)9-22-17)24-25(6,7)16(3,4)5;2*1-4-13(6-16)9(17)8(3)11(20-13)15-5-7(2)10(18)14-12(15)19;/h2*1,10,13-14,16,22H,11H2,2-8H3,(H,20,23,24);8,11-12,14H,9H2,1-7H3,(H,18,20,21);2*1,5,8-9,11,16-17H,6H2,2-3H3,(H,14,18,19);1H4. The number of aliphatic hydroxyl groups excluding tert-OH is 6. The highest BCUT2D eigenvalue weighted by Gasteiger charge is 2.67. The van der Waals surface area contributed by atoms with Gasteiger partial charge >= 0.3 is 28.4 Å². The summed E-state index contributed by atoms with van der Waals surface area (Å²) in [6.07, 6.45) is 21.9. The maximum Gasteiger partial charge on any atom is 0.330 e. The quantitative estimate of drug-likeness (QED) is 0.0404. The van der Waals surface area contributed by atoms with Crippen LogP contribution in [0.1, 0.15) is 163 Å². The highest BCUT2D eigenvalue weighted by Crippen LogP contribution is 2.54. The Morgan fingerprint density at radius 1 is 0.383 bits per heavy atom. The van der Waals surface area contributed by atoms with Gasteiger partial charge in [0, 0.05) is 88.4 Å². The number of H-pyrrole nitrogens is 5. The van der Waals surface area contributed by atoms with Crippen molar-refractivity contribution in [2.24, 2.45) is 29.6 Å². The lowest BCUT2D eigenvalue weighted by Crippen LogP contribution is -2.53. The largest absolute Gasteiger partial charge is 0.409 e. The van der Waals surface area contributed by atoms with Gasteiger partial charge in [0.1, 0.15) is 56.1 Å². The van der Waals surface area contributed by atoms with Crippen LogP contribution in [0.2, 0.25) is 54.4 Å². The molecule has 35 nitrogen and oxygen atoms in total. The second kappa shape index (κ2) is 36.6. The molecule has 11 heterocycles. The molecular weight excluding hydrogens is 1610 g/mol. The highest BCUT2D eigenvalue weighted by atomic mass is 28.4. The number of ether oxygens (including phenoxy) is 6. The molecule has 0 bridgehead atoms. The Morgan fingerprint density at radius 3 is 0.767 bits per heavy atom. The molecule has 6 aliphatic heterocycles. The molecular formula is C82H124N10O25Si3. The number of aryl methyl sites for hydroxylation is 5. The SMILES string of the molecule is C.C#CC1(CO)OC(n2cc(C)c(=O)[nH]c2=O)C(C)C1O.C#CC1(CO)OC(n2cc(C)c(=O)[nH]c2=O)C(C)C1O.C#CC1(CO)OC(n2cc(C)c(=O)[nH]c2=O)C(C)C1O[Si](C)(C)C(C)(C)C.C#CC1(CO)OC(n2cc(C)c(=O)[nH]c2=O)C(C)C1O[Si](C)(C)C(C)(C)C.Cc1cn(C2OC3(CO3)C(O[Si](C)(C)C(C)(C)C)C2C)c(=O)[nH]c1=O. The molecule has 11 N–H and O–H groups in total. The van der Waals surface area contributed by atoms with E-state index in [2.05, 4.69) is 150 Å². The maximum atomic E-state index is 12.3. The lowest BCUT2D eigenvalue weighted by Gasteiger charge is -2.42. The van der Waals surface area contributed by atoms with Crippen LogP contribution in [0.15, 0.2) is 78.9 Å². The van der Waals surface area contributed by atoms with Gasteiger partial charge in [-0.05, 0) is 89.0 Å². The normalized spacial score (nSPS) is 30.8. The van der Waals surface area contributed by atoms with Gasteiger partial charge < -0.3 is 72.3 Å². The number of hydrogen-bond acceptors (Lipinski definition) is 25. The Bertz CT molecular complexity index is 5110. The van der Waals surface area contributed by atoms with Gasteiger partial charge in [-0.3, -0.25) is 71.7 Å². The fourth-order valence-electron chi connectivity index (χ4n) is 13.8. The summed E-state index contributed by atoms with van der Waals surface area (Å²) in [6.45, 7) is 47.5. The summed E-state index contributed by atoms with van der Waals surface area (Å²) in [5, 5.41) is 59.1. The first-order valence-electron chi connectivity index (χ1n) is 39.1. The Labute approximate surface area is 699 Å². The second-order valence-electron chi connectivity index (χ2n) is 36.4. The number of nitrogens with one attached hydrogen (secondary N) is 5. The van der Waals surface area contributed by atoms with Crippen LogP contribution in [-0.2, 0) is 41.7 Å². The summed E-state index contributed by atoms with van der Waals surface area (Å²) in [7, 11) is -6.49. The molecule has 0 saturated carbocycles. The molecule has 38 heteroatoms. The highest BCUT2D eigenvalue weighted by molar-refractivity contribution is 6.75. The summed E-state index contributed by atoms with van der Waals surface area (Å²) in [5.74, 6) is 7.07. The first-order valence-corrected chi connectivity index (χ1v) is 47.8. The van der Waals surface area contributed by atoms with Crippen LogP contribution in [0.3, 0.4) is 0 Å². The first kappa shape index (κ1) is 101. The molecule has 11 rings (SSSR count). The molecule has 6 saturated heterocycles. The van der Waals surface area contributed by atoms with Crippen LogP contribution in [0.25, 0.3) is 0 Å². The molecule has 120 heavy (non-hydrogen) atoms. The van der Waals surface area contributed by atoms with Crippen LogP contribution >= 0.6 is 0 Å². The van der Waals surface area contributed by atoms with Gasteiger partial charge in [0.2, 0.25) is 5.79 Å². The van der Waals surface area contributed by atoms with Gasteiger partial charge in [0.05, 0.1) is 38.6 Å². The number of aromatic amines is 5. The summed E-state index contributed by atoms with van der Waals surface area (Å²) in [5.41, 5.74) is -9.10. The van der Waals surface area contributed by atoms with Crippen LogP contribution in [0, 0.1) is 114 Å². The molecule has 5 aromatic heterocycles. The third kappa shape index (κ3) is 19.5. The molecule has 0 aliphatic carbocycles. The number of terminal acetylenes is 4. The summed E-state index contributed by atoms with van der Waals surface area (Å²) >= 11 is 0. The fraction of sp³-hybridized carbons (Fsp3) is 0.659. The number of aliphatic hydroxyl groups is 6. The maximum absolute atomic E-state index is 12.3. The minimum absolute atomic E-state index is 0. The van der Waals surface area contributed by atoms with E-state index in [0.717, 1.165) is 0 Å². The lowest BCUT2D eigenvalue weighted by molar-refractivity contribution is -0.0962. The van der Waals surface area contributed by atoms with Crippen LogP contribution in [-0.4, -0.2) is 195 Å². The summed E-state index contributed by atoms with van der Waals surface area (Å²) in [4.78, 5) is 130. The molecule has 20 atom stereocenters. The van der Waals surface area contributed by atoms with E-state index in [1.807, 2.05) is 20.8 Å². The zero-order valence-corrected chi connectivity index (χ0v) is 75.6. The van der Waals surface area contributed by atoms with E-state index in [-0.39, 0.29) is 52.0 Å². The zero-order valence-electron chi connectivity index (χ0n) is 72.6. The molecule has 1 spiro atoms. The van der Waals surface area contributed by atoms with E-state index in [1.165, 1.54) is 47.6 Å². The van der Waals surface area contributed by atoms with E-state index in [1.54, 1.807) is 54.7 Å². The van der Waals surface area contributed by atoms with E-state index in [0.29, 0.717) is 34.4 Å². The zero-order chi connectivity index (χ0) is 90.5. The lowest BCUT2D eigenvalue weighted by atomic mass is 9.92. The van der Waals surface area contributed by atoms with Crippen LogP contribution in [0.5, 0.6) is 0 Å². The fourth-order valence-corrected chi connectivity index (χ4v) is 18.0. The van der Waals surface area contributed by atoms with Crippen molar-refractivity contribution in [1.29, 1.82) is 0 Å². The average molecular weight is 1730 g/mol.